The van der Waals surface area contributed by atoms with Crippen LogP contribution >= 0.6 is 11.6 Å². The topological polar surface area (TPSA) is 46.2 Å². The third-order valence-electron chi connectivity index (χ3n) is 1.65. The summed E-state index contributed by atoms with van der Waals surface area (Å²) in [6, 6.07) is 0. The summed E-state index contributed by atoms with van der Waals surface area (Å²) in [5.41, 5.74) is 0. The fourth-order valence-corrected chi connectivity index (χ4v) is 1.05. The summed E-state index contributed by atoms with van der Waals surface area (Å²) in [4.78, 5) is 21.2. The average molecular weight is 206 g/mol. The summed E-state index contributed by atoms with van der Waals surface area (Å²) < 4.78 is 0. The molecule has 0 bridgehead atoms. The second-order valence-corrected chi connectivity index (χ2v) is 3.26. The van der Waals surface area contributed by atoms with Crippen molar-refractivity contribution in [2.45, 2.75) is 32.6 Å². The highest BCUT2D eigenvalue weighted by atomic mass is 35.5. The molecule has 0 rings (SSSR count). The molecule has 13 heavy (non-hydrogen) atoms. The third-order valence-corrected chi connectivity index (χ3v) is 1.89. The summed E-state index contributed by atoms with van der Waals surface area (Å²) in [7, 11) is 0. The number of nitrogens with one attached hydrogen (secondary N) is 1. The van der Waals surface area contributed by atoms with Gasteiger partial charge in [-0.2, -0.15) is 0 Å². The van der Waals surface area contributed by atoms with Gasteiger partial charge < -0.3 is 10.1 Å². The number of amides is 1. The van der Waals surface area contributed by atoms with E-state index in [1.807, 2.05) is 0 Å². The molecule has 0 unspecified atom stereocenters. The van der Waals surface area contributed by atoms with Crippen molar-refractivity contribution in [3.8, 4) is 0 Å². The highest BCUT2D eigenvalue weighted by Gasteiger charge is 1.97. The molecular weight excluding hydrogens is 190 g/mol. The van der Waals surface area contributed by atoms with Crippen LogP contribution < -0.4 is 5.32 Å². The molecule has 1 amide bonds. The number of ketones is 1. The molecule has 76 valence electrons. The molecule has 0 atom stereocenters. The Bertz CT molecular complexity index is 171. The Hall–Kier alpha value is -0.570. The van der Waals surface area contributed by atoms with Gasteiger partial charge in [0.2, 0.25) is 5.91 Å². The van der Waals surface area contributed by atoms with Gasteiger partial charge in [0, 0.05) is 13.0 Å². The normalized spacial score (nSPS) is 9.69. The van der Waals surface area contributed by atoms with Crippen molar-refractivity contribution in [1.82, 2.24) is 5.32 Å². The predicted molar refractivity (Wildman–Crippen MR) is 52.9 cm³/mol. The molecule has 0 aliphatic rings. The summed E-state index contributed by atoms with van der Waals surface area (Å²) >= 11 is 5.28. The van der Waals surface area contributed by atoms with E-state index in [-0.39, 0.29) is 17.6 Å². The summed E-state index contributed by atoms with van der Waals surface area (Å²) in [6.45, 7) is 2.25. The first kappa shape index (κ1) is 12.4. The molecule has 0 heterocycles. The molecule has 0 aromatic carbocycles. The van der Waals surface area contributed by atoms with Crippen LogP contribution in [0.3, 0.4) is 0 Å². The maximum atomic E-state index is 10.7. The van der Waals surface area contributed by atoms with Gasteiger partial charge in [-0.1, -0.05) is 6.42 Å². The fraction of sp³-hybridized carbons (Fsp3) is 0.778. The number of hydrogen-bond acceptors (Lipinski definition) is 2. The Morgan fingerprint density at radius 3 is 2.46 bits per heavy atom. The Labute approximate surface area is 83.8 Å². The van der Waals surface area contributed by atoms with Crippen LogP contribution in [0.5, 0.6) is 0 Å². The predicted octanol–water partition coefficient (Wildman–Crippen LogP) is 1.49. The average Bonchev–Trinajstić information content (AvgIpc) is 2.10. The molecule has 0 aliphatic carbocycles. The third kappa shape index (κ3) is 9.34. The largest absolute Gasteiger partial charge is 0.355 e. The summed E-state index contributed by atoms with van der Waals surface area (Å²) in [5, 5.41) is 2.66. The van der Waals surface area contributed by atoms with Gasteiger partial charge in [0.1, 0.15) is 11.7 Å². The van der Waals surface area contributed by atoms with Crippen molar-refractivity contribution in [2.75, 3.05) is 12.4 Å². The Morgan fingerprint density at radius 1 is 1.23 bits per heavy atom. The quantitative estimate of drug-likeness (QED) is 0.506. The maximum Gasteiger partial charge on any atom is 0.234 e. The number of halogens is 1. The Balaban J connectivity index is 3.08. The van der Waals surface area contributed by atoms with Gasteiger partial charge >= 0.3 is 0 Å². The SMILES string of the molecule is CC(=O)CCCCCNC(=O)CCl. The van der Waals surface area contributed by atoms with E-state index in [9.17, 15) is 9.59 Å². The Morgan fingerprint density at radius 2 is 1.92 bits per heavy atom. The van der Waals surface area contributed by atoms with Crippen LogP contribution in [0, 0.1) is 0 Å². The zero-order valence-electron chi connectivity index (χ0n) is 7.94. The molecule has 0 radical (unpaired) electrons. The van der Waals surface area contributed by atoms with Gasteiger partial charge in [0.25, 0.3) is 0 Å². The van der Waals surface area contributed by atoms with E-state index in [0.29, 0.717) is 13.0 Å². The molecule has 0 aliphatic heterocycles. The number of carbonyl (C=O) groups is 2. The molecular formula is C9H16ClNO2. The van der Waals surface area contributed by atoms with Crippen molar-refractivity contribution in [2.24, 2.45) is 0 Å². The van der Waals surface area contributed by atoms with Gasteiger partial charge in [0.15, 0.2) is 0 Å². The number of hydrogen-bond donors (Lipinski definition) is 1. The van der Waals surface area contributed by atoms with Crippen molar-refractivity contribution in [3.05, 3.63) is 0 Å². The molecule has 3 nitrogen and oxygen atoms in total. The van der Waals surface area contributed by atoms with E-state index in [2.05, 4.69) is 5.32 Å². The number of Topliss-reactive ketones (excluding diaryl/α,β-unsaturated/α-hetero) is 1. The van der Waals surface area contributed by atoms with Gasteiger partial charge in [-0.15, -0.1) is 11.6 Å². The zero-order valence-corrected chi connectivity index (χ0v) is 8.69. The minimum Gasteiger partial charge on any atom is -0.355 e. The second-order valence-electron chi connectivity index (χ2n) is 3.00. The van der Waals surface area contributed by atoms with Crippen LogP contribution in [0.2, 0.25) is 0 Å². The molecule has 0 aromatic heterocycles. The number of alkyl halides is 1. The lowest BCUT2D eigenvalue weighted by Gasteiger charge is -2.01. The number of unbranched alkanes of at least 4 members (excludes halogenated alkanes) is 2. The van der Waals surface area contributed by atoms with E-state index in [4.69, 9.17) is 11.6 Å². The maximum absolute atomic E-state index is 10.7. The Kier molecular flexibility index (Phi) is 7.69. The first-order chi connectivity index (χ1) is 6.16. The molecule has 0 saturated heterocycles. The lowest BCUT2D eigenvalue weighted by molar-refractivity contribution is -0.119. The van der Waals surface area contributed by atoms with Crippen molar-refractivity contribution < 1.29 is 9.59 Å². The smallest absolute Gasteiger partial charge is 0.234 e. The highest BCUT2D eigenvalue weighted by Crippen LogP contribution is 1.99. The molecule has 0 spiro atoms. The van der Waals surface area contributed by atoms with Gasteiger partial charge in [-0.3, -0.25) is 4.79 Å². The highest BCUT2D eigenvalue weighted by molar-refractivity contribution is 6.27. The van der Waals surface area contributed by atoms with E-state index in [1.54, 1.807) is 6.92 Å². The molecule has 4 heteroatoms. The molecule has 1 N–H and O–H groups in total. The van der Waals surface area contributed by atoms with Crippen LogP contribution in [0.25, 0.3) is 0 Å². The van der Waals surface area contributed by atoms with Crippen molar-refractivity contribution >= 4 is 23.3 Å². The fourth-order valence-electron chi connectivity index (χ4n) is 0.951. The number of carbonyl (C=O) groups excluding carboxylic acids is 2. The molecule has 0 saturated carbocycles. The summed E-state index contributed by atoms with van der Waals surface area (Å²) in [5.74, 6) is 0.117. The first-order valence-corrected chi connectivity index (χ1v) is 5.02. The lowest BCUT2D eigenvalue weighted by atomic mass is 10.1. The van der Waals surface area contributed by atoms with Gasteiger partial charge in [0.05, 0.1) is 0 Å². The van der Waals surface area contributed by atoms with Crippen LogP contribution in [-0.4, -0.2) is 24.1 Å². The van der Waals surface area contributed by atoms with Gasteiger partial charge in [-0.25, -0.2) is 0 Å². The van der Waals surface area contributed by atoms with Crippen molar-refractivity contribution in [3.63, 3.8) is 0 Å². The first-order valence-electron chi connectivity index (χ1n) is 4.49. The lowest BCUT2D eigenvalue weighted by Crippen LogP contribution is -2.25. The molecule has 0 aromatic rings. The van der Waals surface area contributed by atoms with Crippen LogP contribution in [0.15, 0.2) is 0 Å². The van der Waals surface area contributed by atoms with Crippen molar-refractivity contribution in [1.29, 1.82) is 0 Å². The standard InChI is InChI=1S/C9H16ClNO2/c1-8(12)5-3-2-4-6-11-9(13)7-10/h2-7H2,1H3,(H,11,13). The summed E-state index contributed by atoms with van der Waals surface area (Å²) in [6.07, 6.45) is 3.44. The molecule has 0 fully saturated rings. The van der Waals surface area contributed by atoms with Crippen LogP contribution in [0.1, 0.15) is 32.6 Å². The van der Waals surface area contributed by atoms with Crippen LogP contribution in [0.4, 0.5) is 0 Å². The van der Waals surface area contributed by atoms with E-state index >= 15 is 0 Å². The number of rotatable bonds is 7. The minimum atomic E-state index is -0.131. The monoisotopic (exact) mass is 205 g/mol. The van der Waals surface area contributed by atoms with Crippen LogP contribution in [-0.2, 0) is 9.59 Å². The van der Waals surface area contributed by atoms with E-state index in [0.717, 1.165) is 19.3 Å². The minimum absolute atomic E-state index is 0.0213. The second kappa shape index (κ2) is 8.05. The van der Waals surface area contributed by atoms with E-state index in [1.165, 1.54) is 0 Å². The zero-order chi connectivity index (χ0) is 10.1. The van der Waals surface area contributed by atoms with Gasteiger partial charge in [-0.05, 0) is 19.8 Å². The van der Waals surface area contributed by atoms with E-state index < -0.39 is 0 Å².